The second-order valence-electron chi connectivity index (χ2n) is 4.36. The maximum atomic E-state index is 12.0. The predicted octanol–water partition coefficient (Wildman–Crippen LogP) is 3.54. The van der Waals surface area contributed by atoms with Crippen molar-refractivity contribution in [3.8, 4) is 0 Å². The molecule has 0 aliphatic rings. The minimum atomic E-state index is -0.557. The van der Waals surface area contributed by atoms with Gasteiger partial charge in [-0.25, -0.2) is 4.79 Å². The third kappa shape index (κ3) is 3.78. The number of hydrogen-bond donors (Lipinski definition) is 0. The maximum absolute atomic E-state index is 12.0. The van der Waals surface area contributed by atoms with Crippen molar-refractivity contribution < 1.29 is 14.1 Å². The summed E-state index contributed by atoms with van der Waals surface area (Å²) >= 11 is 2.15. The number of aryl methyl sites for hydroxylation is 1. The minimum Gasteiger partial charge on any atom is -0.449 e. The zero-order valence-corrected chi connectivity index (χ0v) is 13.5. The fourth-order valence-electron chi connectivity index (χ4n) is 1.65. The Hall–Kier alpha value is -1.44. The van der Waals surface area contributed by atoms with E-state index < -0.39 is 12.1 Å². The van der Waals surface area contributed by atoms with Crippen molar-refractivity contribution in [2.75, 3.05) is 0 Å². The molecule has 0 saturated carbocycles. The van der Waals surface area contributed by atoms with Crippen molar-refractivity contribution in [2.24, 2.45) is 0 Å². The summed E-state index contributed by atoms with van der Waals surface area (Å²) in [6, 6.07) is 7.21. The Balaban J connectivity index is 2.03. The number of benzene rings is 1. The zero-order chi connectivity index (χ0) is 14.5. The molecule has 1 aromatic carbocycles. The number of aromatic nitrogens is 2. The number of nitrogens with zero attached hydrogens (tertiary/aromatic N) is 2. The van der Waals surface area contributed by atoms with Crippen LogP contribution < -0.4 is 0 Å². The molecule has 106 valence electrons. The van der Waals surface area contributed by atoms with E-state index >= 15 is 0 Å². The smallest absolute Gasteiger partial charge is 0.338 e. The first-order valence-electron chi connectivity index (χ1n) is 6.39. The molecule has 2 aromatic rings. The fraction of sp³-hybridized carbons (Fsp3) is 0.357. The van der Waals surface area contributed by atoms with Crippen LogP contribution in [0.2, 0.25) is 0 Å². The van der Waals surface area contributed by atoms with Gasteiger partial charge in [0.05, 0.1) is 5.56 Å². The lowest BCUT2D eigenvalue weighted by atomic mass is 10.2. The summed E-state index contributed by atoms with van der Waals surface area (Å²) in [5, 5.41) is 3.84. The second kappa shape index (κ2) is 6.83. The summed E-state index contributed by atoms with van der Waals surface area (Å²) in [6.07, 6.45) is 1.13. The molecule has 6 heteroatoms. The number of rotatable bonds is 5. The molecule has 1 atom stereocenters. The first-order valence-corrected chi connectivity index (χ1v) is 7.47. The second-order valence-corrected chi connectivity index (χ2v) is 5.60. The summed E-state index contributed by atoms with van der Waals surface area (Å²) in [5.41, 5.74) is 0.511. The van der Waals surface area contributed by atoms with Gasteiger partial charge in [0.15, 0.2) is 11.9 Å². The number of carbonyl (C=O) groups is 1. The van der Waals surface area contributed by atoms with Gasteiger partial charge in [-0.15, -0.1) is 0 Å². The van der Waals surface area contributed by atoms with Gasteiger partial charge in [-0.3, -0.25) is 0 Å². The van der Waals surface area contributed by atoms with Gasteiger partial charge < -0.3 is 9.26 Å². The van der Waals surface area contributed by atoms with E-state index in [1.807, 2.05) is 19.1 Å². The van der Waals surface area contributed by atoms with Crippen LogP contribution in [0.5, 0.6) is 0 Å². The Morgan fingerprint density at radius 1 is 1.50 bits per heavy atom. The average molecular weight is 386 g/mol. The van der Waals surface area contributed by atoms with Gasteiger partial charge in [-0.05, 0) is 54.1 Å². The summed E-state index contributed by atoms with van der Waals surface area (Å²) in [6.45, 7) is 3.76. The topological polar surface area (TPSA) is 65.2 Å². The molecule has 0 fully saturated rings. The molecule has 0 aliphatic carbocycles. The first kappa shape index (κ1) is 15.0. The van der Waals surface area contributed by atoms with Crippen LogP contribution in [0.3, 0.4) is 0 Å². The average Bonchev–Trinajstić information content (AvgIpc) is 2.88. The first-order chi connectivity index (χ1) is 9.60. The van der Waals surface area contributed by atoms with E-state index in [9.17, 15) is 4.79 Å². The van der Waals surface area contributed by atoms with E-state index in [0.29, 0.717) is 17.3 Å². The Labute approximate surface area is 130 Å². The normalized spacial score (nSPS) is 12.2. The van der Waals surface area contributed by atoms with Gasteiger partial charge in [0.2, 0.25) is 0 Å². The standard InChI is InChI=1S/C14H15IN2O3/c1-3-5-12-16-13(20-17-12)9(2)19-14(18)10-6-4-7-11(15)8-10/h4,6-9H,3,5H2,1-2H3. The van der Waals surface area contributed by atoms with Crippen LogP contribution in [0.4, 0.5) is 0 Å². The van der Waals surface area contributed by atoms with E-state index in [1.165, 1.54) is 0 Å². The van der Waals surface area contributed by atoms with Gasteiger partial charge in [0.25, 0.3) is 5.89 Å². The lowest BCUT2D eigenvalue weighted by Crippen LogP contribution is -2.09. The van der Waals surface area contributed by atoms with Crippen LogP contribution in [0.15, 0.2) is 28.8 Å². The maximum Gasteiger partial charge on any atom is 0.338 e. The molecule has 1 unspecified atom stereocenters. The highest BCUT2D eigenvalue weighted by molar-refractivity contribution is 14.1. The molecule has 0 saturated heterocycles. The summed E-state index contributed by atoms with van der Waals surface area (Å²) < 4.78 is 11.4. The van der Waals surface area contributed by atoms with Crippen LogP contribution in [0.25, 0.3) is 0 Å². The summed E-state index contributed by atoms with van der Waals surface area (Å²) in [5.74, 6) is 0.568. The highest BCUT2D eigenvalue weighted by Gasteiger charge is 2.19. The van der Waals surface area contributed by atoms with Crippen LogP contribution >= 0.6 is 22.6 Å². The number of carbonyl (C=O) groups excluding carboxylic acids is 1. The lowest BCUT2D eigenvalue weighted by Gasteiger charge is -2.09. The summed E-state index contributed by atoms with van der Waals surface area (Å²) in [4.78, 5) is 16.2. The molecular weight excluding hydrogens is 371 g/mol. The molecule has 1 heterocycles. The number of ether oxygens (including phenoxy) is 1. The highest BCUT2D eigenvalue weighted by Crippen LogP contribution is 2.18. The van der Waals surface area contributed by atoms with E-state index in [-0.39, 0.29) is 0 Å². The molecule has 20 heavy (non-hydrogen) atoms. The van der Waals surface area contributed by atoms with Crippen molar-refractivity contribution >= 4 is 28.6 Å². The highest BCUT2D eigenvalue weighted by atomic mass is 127. The fourth-order valence-corrected chi connectivity index (χ4v) is 2.20. The molecule has 5 nitrogen and oxygen atoms in total. The zero-order valence-electron chi connectivity index (χ0n) is 11.3. The Morgan fingerprint density at radius 3 is 3.00 bits per heavy atom. The molecule has 1 aromatic heterocycles. The van der Waals surface area contributed by atoms with Crippen molar-refractivity contribution in [3.63, 3.8) is 0 Å². The van der Waals surface area contributed by atoms with Crippen LogP contribution in [-0.2, 0) is 11.2 Å². The van der Waals surface area contributed by atoms with E-state index in [4.69, 9.17) is 9.26 Å². The van der Waals surface area contributed by atoms with Crippen molar-refractivity contribution in [1.82, 2.24) is 10.1 Å². The van der Waals surface area contributed by atoms with E-state index in [1.54, 1.807) is 19.1 Å². The van der Waals surface area contributed by atoms with Crippen LogP contribution in [0.1, 0.15) is 48.4 Å². The van der Waals surface area contributed by atoms with Crippen molar-refractivity contribution in [2.45, 2.75) is 32.8 Å². The monoisotopic (exact) mass is 386 g/mol. The number of esters is 1. The van der Waals surface area contributed by atoms with Gasteiger partial charge in [-0.2, -0.15) is 4.98 Å². The Morgan fingerprint density at radius 2 is 2.30 bits per heavy atom. The van der Waals surface area contributed by atoms with Crippen LogP contribution in [0, 0.1) is 3.57 Å². The number of halogens is 1. The SMILES string of the molecule is CCCc1noc(C(C)OC(=O)c2cccc(I)c2)n1. The Bertz CT molecular complexity index is 598. The van der Waals surface area contributed by atoms with Crippen molar-refractivity contribution in [1.29, 1.82) is 0 Å². The molecule has 0 amide bonds. The van der Waals surface area contributed by atoms with Gasteiger partial charge in [-0.1, -0.05) is 18.1 Å². The van der Waals surface area contributed by atoms with E-state index in [2.05, 4.69) is 32.7 Å². The molecule has 0 bridgehead atoms. The van der Waals surface area contributed by atoms with Crippen LogP contribution in [-0.4, -0.2) is 16.1 Å². The molecule has 0 spiro atoms. The molecule has 0 radical (unpaired) electrons. The summed E-state index contributed by atoms with van der Waals surface area (Å²) in [7, 11) is 0. The van der Waals surface area contributed by atoms with Gasteiger partial charge >= 0.3 is 5.97 Å². The third-order valence-electron chi connectivity index (χ3n) is 2.65. The van der Waals surface area contributed by atoms with Gasteiger partial charge in [0, 0.05) is 9.99 Å². The quantitative estimate of drug-likeness (QED) is 0.581. The molecular formula is C14H15IN2O3. The lowest BCUT2D eigenvalue weighted by molar-refractivity contribution is 0.0265. The van der Waals surface area contributed by atoms with Gasteiger partial charge in [0.1, 0.15) is 0 Å². The number of hydrogen-bond acceptors (Lipinski definition) is 5. The molecule has 0 aliphatic heterocycles. The van der Waals surface area contributed by atoms with Crippen molar-refractivity contribution in [3.05, 3.63) is 45.1 Å². The Kier molecular flexibility index (Phi) is 5.11. The predicted molar refractivity (Wildman–Crippen MR) is 81.3 cm³/mol. The molecule has 2 rings (SSSR count). The largest absolute Gasteiger partial charge is 0.449 e. The van der Waals surface area contributed by atoms with E-state index in [0.717, 1.165) is 16.4 Å². The molecule has 0 N–H and O–H groups in total. The minimum absolute atomic E-state index is 0.326. The third-order valence-corrected chi connectivity index (χ3v) is 3.32.